The first-order valence-electron chi connectivity index (χ1n) is 19.6. The van der Waals surface area contributed by atoms with Gasteiger partial charge < -0.3 is 47.8 Å². The molecular weight excluding hydrogens is 836 g/mol. The third-order valence-electron chi connectivity index (χ3n) is 7.28. The molecule has 0 saturated carbocycles. The highest BCUT2D eigenvalue weighted by Gasteiger charge is 2.33. The average Bonchev–Trinajstić information content (AvgIpc) is 3.15. The minimum Gasteiger partial charge on any atom is -0.467 e. The Labute approximate surface area is 373 Å². The van der Waals surface area contributed by atoms with Crippen molar-refractivity contribution in [2.45, 2.75) is 150 Å². The Kier molecular flexibility index (Phi) is 29.6. The molecule has 22 nitrogen and oxygen atoms in total. The fourth-order valence-corrected chi connectivity index (χ4v) is 3.84. The predicted molar refractivity (Wildman–Crippen MR) is 228 cm³/mol. The second-order valence-electron chi connectivity index (χ2n) is 17.3. The zero-order valence-corrected chi connectivity index (χ0v) is 41.5. The molecule has 0 aliphatic rings. The first-order chi connectivity index (χ1) is 28.4. The average molecular weight is 913 g/mol. The van der Waals surface area contributed by atoms with E-state index in [1.807, 2.05) is 6.92 Å². The molecular formula is C41H76N4O18. The molecule has 368 valence electrons. The number of amides is 4. The summed E-state index contributed by atoms with van der Waals surface area (Å²) in [5, 5.41) is 8.99. The highest BCUT2D eigenvalue weighted by atomic mass is 16.6. The third-order valence-corrected chi connectivity index (χ3v) is 7.28. The van der Waals surface area contributed by atoms with Crippen molar-refractivity contribution in [1.82, 2.24) is 19.6 Å². The Morgan fingerprint density at radius 3 is 1.00 bits per heavy atom. The van der Waals surface area contributed by atoms with Crippen molar-refractivity contribution in [2.24, 2.45) is 0 Å². The number of likely N-dealkylation sites (N-methyl/N-ethyl adjacent to an activating group) is 4. The van der Waals surface area contributed by atoms with E-state index in [1.54, 1.807) is 90.0 Å². The van der Waals surface area contributed by atoms with Gasteiger partial charge in [0.1, 0.15) is 34.5 Å². The van der Waals surface area contributed by atoms with Crippen LogP contribution in [0.3, 0.4) is 0 Å². The molecule has 0 aromatic carbocycles. The number of esters is 4. The normalized spacial score (nSPS) is 12.8. The van der Waals surface area contributed by atoms with Crippen LogP contribution in [0.2, 0.25) is 0 Å². The molecule has 0 rings (SSSR count). The van der Waals surface area contributed by atoms with Gasteiger partial charge in [-0.2, -0.15) is 0 Å². The van der Waals surface area contributed by atoms with E-state index in [4.69, 9.17) is 24.1 Å². The van der Waals surface area contributed by atoms with E-state index in [-0.39, 0.29) is 0 Å². The van der Waals surface area contributed by atoms with E-state index in [9.17, 15) is 43.2 Å². The summed E-state index contributed by atoms with van der Waals surface area (Å²) >= 11 is 0. The quantitative estimate of drug-likeness (QED) is 0.132. The topological polar surface area (TPSA) is 261 Å². The van der Waals surface area contributed by atoms with Gasteiger partial charge in [0, 0.05) is 28.2 Å². The van der Waals surface area contributed by atoms with Crippen LogP contribution >= 0.6 is 0 Å². The lowest BCUT2D eigenvalue weighted by Crippen LogP contribution is -2.47. The monoisotopic (exact) mass is 913 g/mol. The molecule has 22 heteroatoms. The van der Waals surface area contributed by atoms with Crippen molar-refractivity contribution in [1.29, 1.82) is 0 Å². The standard InChI is InChI=1S/C11H21NO4.C10H19NO5.C10H17NO5.C10H19NO4/c1-7-8(9(13)15-6)12(5)10(14)16-11(2,3)4;2*1-10(2,3)16-9(14)11(4)7(6-12)8(13)15-5;1-7(8(12)14-6)11(5)9(13)15-10(2,3)4/h8H,7H2,1-6H3;7,12H,6H2,1-5H3;6-7H,1-5H3;7H,1-6H3. The van der Waals surface area contributed by atoms with Crippen LogP contribution in [0, 0.1) is 0 Å². The largest absolute Gasteiger partial charge is 0.467 e. The van der Waals surface area contributed by atoms with E-state index >= 15 is 0 Å². The lowest BCUT2D eigenvalue weighted by atomic mass is 10.2. The second kappa shape index (κ2) is 29.0. The number of carbonyl (C=O) groups is 9. The maximum absolute atomic E-state index is 11.7. The van der Waals surface area contributed by atoms with Gasteiger partial charge in [0.2, 0.25) is 0 Å². The molecule has 1 N–H and O–H groups in total. The summed E-state index contributed by atoms with van der Waals surface area (Å²) in [6, 6.07) is -3.57. The molecule has 0 spiro atoms. The van der Waals surface area contributed by atoms with Crippen LogP contribution in [0.15, 0.2) is 0 Å². The molecule has 4 amide bonds. The maximum Gasteiger partial charge on any atom is 0.411 e. The minimum atomic E-state index is -1.28. The van der Waals surface area contributed by atoms with E-state index in [0.717, 1.165) is 16.9 Å². The lowest BCUT2D eigenvalue weighted by molar-refractivity contribution is -0.148. The van der Waals surface area contributed by atoms with Gasteiger partial charge in [-0.25, -0.2) is 38.4 Å². The van der Waals surface area contributed by atoms with Crippen molar-refractivity contribution in [2.75, 3.05) is 63.2 Å². The molecule has 0 aliphatic carbocycles. The number of aliphatic hydroxyl groups is 1. The number of aliphatic hydroxyl groups excluding tert-OH is 1. The van der Waals surface area contributed by atoms with Gasteiger partial charge in [-0.1, -0.05) is 6.92 Å². The third kappa shape index (κ3) is 28.7. The molecule has 0 aliphatic heterocycles. The Bertz CT molecular complexity index is 1420. The summed E-state index contributed by atoms with van der Waals surface area (Å²) in [7, 11) is 10.6. The zero-order valence-electron chi connectivity index (χ0n) is 41.5. The van der Waals surface area contributed by atoms with Crippen molar-refractivity contribution in [3.63, 3.8) is 0 Å². The van der Waals surface area contributed by atoms with Gasteiger partial charge in [0.05, 0.1) is 35.0 Å². The summed E-state index contributed by atoms with van der Waals surface area (Å²) in [5.74, 6) is -2.39. The van der Waals surface area contributed by atoms with Crippen LogP contribution in [0.25, 0.3) is 0 Å². The number of ether oxygens (including phenoxy) is 8. The number of carbonyl (C=O) groups excluding carboxylic acids is 9. The highest BCUT2D eigenvalue weighted by Crippen LogP contribution is 2.15. The fraction of sp³-hybridized carbons (Fsp3) is 0.780. The second-order valence-corrected chi connectivity index (χ2v) is 17.3. The van der Waals surface area contributed by atoms with Gasteiger partial charge in [-0.05, 0) is 96.4 Å². The van der Waals surface area contributed by atoms with Crippen LogP contribution in [0.4, 0.5) is 19.2 Å². The summed E-state index contributed by atoms with van der Waals surface area (Å²) in [5.41, 5.74) is -2.47. The van der Waals surface area contributed by atoms with E-state index in [2.05, 4.69) is 18.9 Å². The van der Waals surface area contributed by atoms with E-state index < -0.39 is 101 Å². The molecule has 4 unspecified atom stereocenters. The molecule has 63 heavy (non-hydrogen) atoms. The van der Waals surface area contributed by atoms with Crippen LogP contribution in [0.5, 0.6) is 0 Å². The van der Waals surface area contributed by atoms with Crippen LogP contribution in [-0.4, -0.2) is 189 Å². The zero-order chi connectivity index (χ0) is 51.0. The van der Waals surface area contributed by atoms with Gasteiger partial charge in [-0.15, -0.1) is 0 Å². The van der Waals surface area contributed by atoms with Crippen LogP contribution < -0.4 is 0 Å². The maximum atomic E-state index is 11.7. The van der Waals surface area contributed by atoms with E-state index in [0.29, 0.717) is 12.7 Å². The number of hydrogen-bond donors (Lipinski definition) is 1. The molecule has 0 heterocycles. The Hall–Kier alpha value is -5.41. The predicted octanol–water partition coefficient (Wildman–Crippen LogP) is 4.20. The number of hydrogen-bond acceptors (Lipinski definition) is 18. The van der Waals surface area contributed by atoms with Crippen molar-refractivity contribution in [3.05, 3.63) is 0 Å². The van der Waals surface area contributed by atoms with Crippen LogP contribution in [-0.2, 0) is 61.9 Å². The Morgan fingerprint density at radius 2 is 0.746 bits per heavy atom. The highest BCUT2D eigenvalue weighted by molar-refractivity contribution is 5.95. The molecule has 0 fully saturated rings. The SMILES string of the molecule is CCC(C(=O)OC)N(C)C(=O)OC(C)(C)C.COC(=O)C(C)N(C)C(=O)OC(C)(C)C.COC(=O)C(C=O)N(C)C(=O)OC(C)(C)C.COC(=O)C(CO)N(C)C(=O)OC(C)(C)C. The Morgan fingerprint density at radius 1 is 0.476 bits per heavy atom. The summed E-state index contributed by atoms with van der Waals surface area (Å²) in [4.78, 5) is 106. The van der Waals surface area contributed by atoms with Gasteiger partial charge >= 0.3 is 48.3 Å². The summed E-state index contributed by atoms with van der Waals surface area (Å²) in [6.07, 6.45) is -1.69. The molecule has 0 aromatic heterocycles. The van der Waals surface area contributed by atoms with Gasteiger partial charge in [-0.3, -0.25) is 19.6 Å². The molecule has 0 aromatic rings. The molecule has 4 atom stereocenters. The molecule has 0 bridgehead atoms. The number of aldehydes is 1. The summed E-state index contributed by atoms with van der Waals surface area (Å²) in [6.45, 7) is 23.7. The van der Waals surface area contributed by atoms with Crippen LogP contribution in [0.1, 0.15) is 103 Å². The minimum absolute atomic E-state index is 0.329. The van der Waals surface area contributed by atoms with Crippen molar-refractivity contribution >= 4 is 54.5 Å². The number of rotatable bonds is 11. The first-order valence-corrected chi connectivity index (χ1v) is 19.6. The summed E-state index contributed by atoms with van der Waals surface area (Å²) < 4.78 is 38.3. The lowest BCUT2D eigenvalue weighted by Gasteiger charge is -2.28. The number of nitrogens with zero attached hydrogens (tertiary/aromatic N) is 4. The Balaban J connectivity index is -0.000000368. The van der Waals surface area contributed by atoms with Crippen molar-refractivity contribution in [3.8, 4) is 0 Å². The van der Waals surface area contributed by atoms with E-state index in [1.165, 1.54) is 59.3 Å². The smallest absolute Gasteiger partial charge is 0.411 e. The molecule has 0 saturated heterocycles. The number of methoxy groups -OCH3 is 4. The first kappa shape index (κ1) is 64.2. The van der Waals surface area contributed by atoms with Crippen molar-refractivity contribution < 1.29 is 86.2 Å². The van der Waals surface area contributed by atoms with Gasteiger partial charge in [0.15, 0.2) is 18.4 Å². The fourth-order valence-electron chi connectivity index (χ4n) is 3.84. The molecule has 0 radical (unpaired) electrons. The van der Waals surface area contributed by atoms with Gasteiger partial charge in [0.25, 0.3) is 0 Å².